The zero-order valence-electron chi connectivity index (χ0n) is 20.5. The van der Waals surface area contributed by atoms with Gasteiger partial charge in [-0.3, -0.25) is 0 Å². The van der Waals surface area contributed by atoms with Crippen LogP contribution in [-0.2, 0) is 4.74 Å². The molecule has 2 aromatic heterocycles. The third-order valence-corrected chi connectivity index (χ3v) is 6.71. The maximum atomic E-state index is 13.9. The molecule has 0 saturated carbocycles. The summed E-state index contributed by atoms with van der Waals surface area (Å²) in [5, 5.41) is 18.6. The first kappa shape index (κ1) is 25.9. The van der Waals surface area contributed by atoms with E-state index in [-0.39, 0.29) is 5.69 Å². The van der Waals surface area contributed by atoms with Crippen molar-refractivity contribution < 1.29 is 13.9 Å². The molecule has 0 radical (unpaired) electrons. The van der Waals surface area contributed by atoms with E-state index in [0.29, 0.717) is 37.9 Å². The summed E-state index contributed by atoms with van der Waals surface area (Å²) in [6, 6.07) is 26.7. The highest BCUT2D eigenvalue weighted by Crippen LogP contribution is 2.36. The van der Waals surface area contributed by atoms with Crippen molar-refractivity contribution in [3.8, 4) is 21.7 Å². The fourth-order valence-corrected chi connectivity index (χ4v) is 4.86. The third-order valence-electron chi connectivity index (χ3n) is 5.49. The zero-order valence-corrected chi connectivity index (χ0v) is 22.1. The summed E-state index contributed by atoms with van der Waals surface area (Å²) in [7, 11) is 1.27. The van der Waals surface area contributed by atoms with E-state index in [9.17, 15) is 9.18 Å². The Hall–Kier alpha value is -4.74. The number of carbonyl (C=O) groups is 1. The highest BCUT2D eigenvalue weighted by Gasteiger charge is 2.21. The van der Waals surface area contributed by atoms with Crippen molar-refractivity contribution in [1.29, 1.82) is 0 Å². The number of para-hydroxylation sites is 2. The molecule has 3 aromatic carbocycles. The van der Waals surface area contributed by atoms with E-state index in [4.69, 9.17) is 17.0 Å². The summed E-state index contributed by atoms with van der Waals surface area (Å²) in [5.74, 6) is -0.545. The number of halogens is 1. The number of esters is 1. The molecule has 0 aliphatic heterocycles. The Labute approximate surface area is 232 Å². The lowest BCUT2D eigenvalue weighted by Gasteiger charge is -2.14. The number of thiazole rings is 1. The quantitative estimate of drug-likeness (QED) is 0.148. The van der Waals surface area contributed by atoms with Gasteiger partial charge in [0.25, 0.3) is 0 Å². The van der Waals surface area contributed by atoms with Gasteiger partial charge in [0, 0.05) is 5.56 Å². The van der Waals surface area contributed by atoms with Crippen molar-refractivity contribution in [3.63, 3.8) is 0 Å². The zero-order chi connectivity index (χ0) is 27.2. The van der Waals surface area contributed by atoms with Gasteiger partial charge in [0.2, 0.25) is 0 Å². The summed E-state index contributed by atoms with van der Waals surface area (Å²) in [6.45, 7) is 0. The molecule has 0 bridgehead atoms. The van der Waals surface area contributed by atoms with E-state index in [0.717, 1.165) is 11.3 Å². The van der Waals surface area contributed by atoms with Crippen LogP contribution in [-0.4, -0.2) is 33.4 Å². The van der Waals surface area contributed by atoms with E-state index in [1.807, 2.05) is 60.7 Å². The lowest BCUT2D eigenvalue weighted by Crippen LogP contribution is -2.20. The summed E-state index contributed by atoms with van der Waals surface area (Å²) in [6.07, 6.45) is 0. The lowest BCUT2D eigenvalue weighted by atomic mass is 10.1. The number of thiocarbonyl (C=S) groups is 1. The van der Waals surface area contributed by atoms with Gasteiger partial charge in [-0.15, -0.1) is 10.2 Å². The molecule has 0 atom stereocenters. The molecular weight excluding hydrogens is 535 g/mol. The minimum Gasteiger partial charge on any atom is -0.464 e. The first-order valence-electron chi connectivity index (χ1n) is 11.7. The van der Waals surface area contributed by atoms with Crippen LogP contribution in [0.3, 0.4) is 0 Å². The minimum atomic E-state index is -0.616. The first-order valence-corrected chi connectivity index (χ1v) is 12.9. The fourth-order valence-electron chi connectivity index (χ4n) is 3.68. The number of carbonyl (C=O) groups excluding carboxylic acids is 1. The highest BCUT2D eigenvalue weighted by molar-refractivity contribution is 7.80. The number of nitrogens with one attached hydrogen (secondary N) is 3. The van der Waals surface area contributed by atoms with E-state index in [1.54, 1.807) is 18.2 Å². The van der Waals surface area contributed by atoms with Gasteiger partial charge in [0.1, 0.15) is 5.82 Å². The third kappa shape index (κ3) is 6.22. The monoisotopic (exact) mass is 556 g/mol. The summed E-state index contributed by atoms with van der Waals surface area (Å²) in [4.78, 5) is 17.3. The van der Waals surface area contributed by atoms with Crippen molar-refractivity contribution in [2.75, 3.05) is 23.1 Å². The van der Waals surface area contributed by atoms with E-state index >= 15 is 0 Å². The van der Waals surface area contributed by atoms with Crippen LogP contribution in [0.5, 0.6) is 0 Å². The van der Waals surface area contributed by atoms with Gasteiger partial charge in [0.15, 0.2) is 21.8 Å². The van der Waals surface area contributed by atoms with Gasteiger partial charge >= 0.3 is 5.97 Å². The smallest absolute Gasteiger partial charge is 0.358 e. The average Bonchev–Trinajstić information content (AvgIpc) is 3.38. The standard InChI is InChI=1S/C28H21FN6O2S2/c1-37-26(36)24-25(18-10-7-11-19(29)16-18)39-28(33-24)31-22-13-6-5-12-21(22)30-27(38)32-23-15-14-20(34-35-23)17-8-3-2-4-9-17/h2-16H,1H3,(H,31,33)(H2,30,32,35,38). The molecule has 5 aromatic rings. The first-order chi connectivity index (χ1) is 19.0. The number of methoxy groups -OCH3 is 1. The van der Waals surface area contributed by atoms with Crippen molar-refractivity contribution in [1.82, 2.24) is 15.2 Å². The van der Waals surface area contributed by atoms with Crippen molar-refractivity contribution in [3.05, 3.63) is 103 Å². The molecule has 8 nitrogen and oxygen atoms in total. The predicted octanol–water partition coefficient (Wildman–Crippen LogP) is 6.75. The maximum absolute atomic E-state index is 13.9. The Balaban J connectivity index is 1.32. The number of hydrogen-bond donors (Lipinski definition) is 3. The van der Waals surface area contributed by atoms with E-state index in [1.165, 1.54) is 30.6 Å². The molecule has 0 aliphatic carbocycles. The Bertz CT molecular complexity index is 1630. The fraction of sp³-hybridized carbons (Fsp3) is 0.0357. The number of hydrogen-bond acceptors (Lipinski definition) is 8. The molecule has 11 heteroatoms. The van der Waals surface area contributed by atoms with Crippen molar-refractivity contribution in [2.24, 2.45) is 0 Å². The van der Waals surface area contributed by atoms with Gasteiger partial charge in [-0.05, 0) is 54.2 Å². The summed E-state index contributed by atoms with van der Waals surface area (Å²) in [5.41, 5.74) is 3.65. The van der Waals surface area contributed by atoms with Crippen LogP contribution in [0.1, 0.15) is 10.5 Å². The van der Waals surface area contributed by atoms with Gasteiger partial charge in [0.05, 0.1) is 29.1 Å². The number of benzene rings is 3. The van der Waals surface area contributed by atoms with Gasteiger partial charge in [-0.1, -0.05) is 65.9 Å². The highest BCUT2D eigenvalue weighted by atomic mass is 32.1. The van der Waals surface area contributed by atoms with Crippen LogP contribution in [0.2, 0.25) is 0 Å². The Morgan fingerprint density at radius 2 is 1.62 bits per heavy atom. The number of aromatic nitrogens is 3. The Kier molecular flexibility index (Phi) is 7.80. The minimum absolute atomic E-state index is 0.0933. The van der Waals surface area contributed by atoms with Gasteiger partial charge in [-0.2, -0.15) is 0 Å². The van der Waals surface area contributed by atoms with Crippen LogP contribution in [0.15, 0.2) is 91.0 Å². The molecule has 0 saturated heterocycles. The molecule has 39 heavy (non-hydrogen) atoms. The summed E-state index contributed by atoms with van der Waals surface area (Å²) >= 11 is 6.70. The Morgan fingerprint density at radius 3 is 2.33 bits per heavy atom. The number of rotatable bonds is 7. The van der Waals surface area contributed by atoms with Crippen molar-refractivity contribution >= 4 is 57.0 Å². The molecule has 0 amide bonds. The van der Waals surface area contributed by atoms with Gasteiger partial charge < -0.3 is 20.7 Å². The molecule has 0 unspecified atom stereocenters. The average molecular weight is 557 g/mol. The van der Waals surface area contributed by atoms with Crippen LogP contribution >= 0.6 is 23.6 Å². The number of ether oxygens (including phenoxy) is 1. The van der Waals surface area contributed by atoms with E-state index < -0.39 is 11.8 Å². The number of nitrogens with zero attached hydrogens (tertiary/aromatic N) is 3. The Morgan fingerprint density at radius 1 is 0.872 bits per heavy atom. The molecule has 0 aliphatic rings. The topological polar surface area (TPSA) is 101 Å². The lowest BCUT2D eigenvalue weighted by molar-refractivity contribution is 0.0596. The van der Waals surface area contributed by atoms with Gasteiger partial charge in [-0.25, -0.2) is 14.2 Å². The van der Waals surface area contributed by atoms with E-state index in [2.05, 4.69) is 31.1 Å². The SMILES string of the molecule is COC(=O)c1nc(Nc2ccccc2NC(=S)Nc2ccc(-c3ccccc3)nn2)sc1-c1cccc(F)c1. The molecule has 5 rings (SSSR count). The van der Waals surface area contributed by atoms with Crippen LogP contribution in [0, 0.1) is 5.82 Å². The second-order valence-electron chi connectivity index (χ2n) is 8.12. The molecule has 194 valence electrons. The molecule has 2 heterocycles. The second-order valence-corrected chi connectivity index (χ2v) is 9.53. The summed E-state index contributed by atoms with van der Waals surface area (Å²) < 4.78 is 18.8. The van der Waals surface area contributed by atoms with Crippen LogP contribution in [0.4, 0.5) is 26.7 Å². The molecule has 0 fully saturated rings. The molecule has 3 N–H and O–H groups in total. The molecule has 0 spiro atoms. The molecular formula is C28H21FN6O2S2. The predicted molar refractivity (Wildman–Crippen MR) is 156 cm³/mol. The van der Waals surface area contributed by atoms with Crippen molar-refractivity contribution in [2.45, 2.75) is 0 Å². The van der Waals surface area contributed by atoms with Crippen LogP contribution < -0.4 is 16.0 Å². The largest absolute Gasteiger partial charge is 0.464 e. The maximum Gasteiger partial charge on any atom is 0.358 e. The normalized spacial score (nSPS) is 10.5. The second kappa shape index (κ2) is 11.8. The number of anilines is 4. The van der Waals surface area contributed by atoms with Crippen LogP contribution in [0.25, 0.3) is 21.7 Å².